The summed E-state index contributed by atoms with van der Waals surface area (Å²) in [5.41, 5.74) is 12.0. The van der Waals surface area contributed by atoms with Gasteiger partial charge in [-0.3, -0.25) is 0 Å². The Morgan fingerprint density at radius 3 is 2.18 bits per heavy atom. The van der Waals surface area contributed by atoms with Crippen molar-refractivity contribution in [2.75, 3.05) is 0 Å². The van der Waals surface area contributed by atoms with E-state index in [9.17, 15) is 0 Å². The van der Waals surface area contributed by atoms with Gasteiger partial charge in [0.2, 0.25) is 0 Å². The molecule has 0 heterocycles. The summed E-state index contributed by atoms with van der Waals surface area (Å²) in [6, 6.07) is 24.7. The van der Waals surface area contributed by atoms with E-state index in [1.807, 2.05) is 0 Å². The number of rotatable bonds is 4. The van der Waals surface area contributed by atoms with Crippen LogP contribution in [0.3, 0.4) is 0 Å². The van der Waals surface area contributed by atoms with Gasteiger partial charge in [-0.2, -0.15) is 0 Å². The second kappa shape index (κ2) is 10.4. The van der Waals surface area contributed by atoms with Gasteiger partial charge >= 0.3 is 195 Å². The van der Waals surface area contributed by atoms with Crippen LogP contribution in [-0.2, 0) is 31.8 Å². The summed E-state index contributed by atoms with van der Waals surface area (Å²) in [7, 11) is 0. The van der Waals surface area contributed by atoms with Crippen LogP contribution < -0.4 is 3.27 Å². The minimum atomic E-state index is -2.13. The van der Waals surface area contributed by atoms with Gasteiger partial charge in [-0.25, -0.2) is 0 Å². The third kappa shape index (κ3) is 5.12. The summed E-state index contributed by atoms with van der Waals surface area (Å²) in [5, 5.41) is 0. The molecule has 0 atom stereocenters. The number of fused-ring (bicyclic) bond motifs is 3. The summed E-state index contributed by atoms with van der Waals surface area (Å²) in [6.07, 6.45) is 7.01. The Balaban J connectivity index is 0.00000153. The van der Waals surface area contributed by atoms with Crippen molar-refractivity contribution in [1.82, 2.24) is 0 Å². The van der Waals surface area contributed by atoms with Crippen LogP contribution in [0.5, 0.6) is 0 Å². The molecule has 0 saturated heterocycles. The SMILES string of the molecule is Cl.Cl.[CH2]=[Zr]([CH2]c1ccccc1)[c]1c(C2=CC(C(C)(C)C)=CC2)ccc2c1Cc1ccccc1-2. The minimum absolute atomic E-state index is 0. The molecule has 3 heteroatoms. The Labute approximate surface area is 218 Å². The summed E-state index contributed by atoms with van der Waals surface area (Å²) in [5.74, 6) is 0. The molecule has 0 saturated carbocycles. The predicted molar refractivity (Wildman–Crippen MR) is 146 cm³/mol. The van der Waals surface area contributed by atoms with Crippen LogP contribution in [0.1, 0.15) is 49.4 Å². The molecular weight excluding hydrogens is 522 g/mol. The molecule has 2 aliphatic carbocycles. The van der Waals surface area contributed by atoms with E-state index >= 15 is 0 Å². The number of hydrogen-bond acceptors (Lipinski definition) is 0. The van der Waals surface area contributed by atoms with E-state index < -0.39 is 21.3 Å². The van der Waals surface area contributed by atoms with E-state index in [0.717, 1.165) is 17.0 Å². The standard InChI is InChI=1S/C22H21.C7H7.CH2.2ClH.Zr/c1-22(2,3)19-10-8-16(14-19)15-9-11-21-18(12-15)13-17-6-4-5-7-20(17)21;1-7-5-3-2-4-6-7;;;;/h4-7,9-11,14H,8,13H2,1-3H3;2-6H,1H2;1H2;2*1H;. The molecule has 0 nitrogen and oxygen atoms in total. The van der Waals surface area contributed by atoms with Crippen LogP contribution in [0.4, 0.5) is 0 Å². The van der Waals surface area contributed by atoms with Crippen LogP contribution in [0.2, 0.25) is 0 Å². The van der Waals surface area contributed by atoms with Gasteiger partial charge in [0.05, 0.1) is 0 Å². The first-order chi connectivity index (χ1) is 14.9. The van der Waals surface area contributed by atoms with Crippen LogP contribution in [0.25, 0.3) is 16.7 Å². The monoisotopic (exact) mass is 552 g/mol. The average molecular weight is 555 g/mol. The first-order valence-electron chi connectivity index (χ1n) is 11.3. The first-order valence-corrected chi connectivity index (χ1v) is 16.0. The summed E-state index contributed by atoms with van der Waals surface area (Å²) in [6.45, 7) is 6.95. The Morgan fingerprint density at radius 1 is 0.818 bits per heavy atom. The topological polar surface area (TPSA) is 0 Å². The van der Waals surface area contributed by atoms with Gasteiger partial charge < -0.3 is 0 Å². The molecule has 5 rings (SSSR count). The fourth-order valence-electron chi connectivity index (χ4n) is 5.05. The van der Waals surface area contributed by atoms with Crippen LogP contribution >= 0.6 is 24.8 Å². The van der Waals surface area contributed by atoms with Crippen LogP contribution in [-0.4, -0.2) is 4.21 Å². The van der Waals surface area contributed by atoms with Crippen molar-refractivity contribution in [2.45, 2.75) is 37.7 Å². The number of benzene rings is 3. The molecule has 0 N–H and O–H groups in total. The zero-order valence-corrected chi connectivity index (χ0v) is 23.7. The maximum atomic E-state index is 4.90. The molecule has 0 spiro atoms. The predicted octanol–water partition coefficient (Wildman–Crippen LogP) is 7.74. The van der Waals surface area contributed by atoms with Crippen LogP contribution in [0, 0.1) is 5.41 Å². The van der Waals surface area contributed by atoms with Gasteiger partial charge in [-0.1, -0.05) is 0 Å². The third-order valence-corrected chi connectivity index (χ3v) is 11.9. The van der Waals surface area contributed by atoms with E-state index in [-0.39, 0.29) is 30.2 Å². The van der Waals surface area contributed by atoms with Gasteiger partial charge in [-0.15, -0.1) is 24.8 Å². The summed E-state index contributed by atoms with van der Waals surface area (Å²) >= 11 is -2.13. The van der Waals surface area contributed by atoms with Crippen molar-refractivity contribution in [3.05, 3.63) is 107 Å². The number of hydrogen-bond donors (Lipinski definition) is 0. The molecule has 2 aliphatic rings. The summed E-state index contributed by atoms with van der Waals surface area (Å²) in [4.78, 5) is 0. The molecule has 0 bridgehead atoms. The van der Waals surface area contributed by atoms with Gasteiger partial charge in [0.15, 0.2) is 0 Å². The Bertz CT molecular complexity index is 1240. The van der Waals surface area contributed by atoms with E-state index in [0.29, 0.717) is 0 Å². The Kier molecular flexibility index (Phi) is 8.21. The molecule has 0 aromatic heterocycles. The van der Waals surface area contributed by atoms with Crippen molar-refractivity contribution >= 4 is 37.9 Å². The molecule has 33 heavy (non-hydrogen) atoms. The zero-order chi connectivity index (χ0) is 21.6. The van der Waals surface area contributed by atoms with E-state index in [1.165, 1.54) is 39.0 Å². The zero-order valence-electron chi connectivity index (χ0n) is 19.7. The molecule has 3 aromatic carbocycles. The average Bonchev–Trinajstić information content (AvgIpc) is 3.38. The molecule has 0 aliphatic heterocycles. The van der Waals surface area contributed by atoms with E-state index in [2.05, 4.69) is 99.7 Å². The van der Waals surface area contributed by atoms with E-state index in [1.54, 1.807) is 8.83 Å². The third-order valence-electron chi connectivity index (χ3n) is 6.69. The fraction of sp³-hybridized carbons (Fsp3) is 0.233. The second-order valence-corrected chi connectivity index (χ2v) is 15.0. The van der Waals surface area contributed by atoms with Gasteiger partial charge in [0.25, 0.3) is 0 Å². The van der Waals surface area contributed by atoms with Gasteiger partial charge in [-0.05, 0) is 0 Å². The molecule has 0 unspecified atom stereocenters. The first kappa shape index (κ1) is 26.1. The molecule has 170 valence electrons. The molecule has 0 fully saturated rings. The fourth-order valence-corrected chi connectivity index (χ4v) is 10.4. The van der Waals surface area contributed by atoms with Crippen molar-refractivity contribution in [2.24, 2.45) is 5.41 Å². The van der Waals surface area contributed by atoms with Gasteiger partial charge in [0.1, 0.15) is 0 Å². The molecule has 3 aromatic rings. The Morgan fingerprint density at radius 2 is 1.48 bits per heavy atom. The molecule has 0 radical (unpaired) electrons. The molecule has 0 amide bonds. The van der Waals surface area contributed by atoms with Crippen LogP contribution in [0.15, 0.2) is 84.5 Å². The maximum absolute atomic E-state index is 4.90. The Hall–Kier alpha value is -1.53. The normalized spacial score (nSPS) is 13.8. The second-order valence-electron chi connectivity index (χ2n) is 9.90. The number of allylic oxidation sites excluding steroid dienone is 4. The van der Waals surface area contributed by atoms with Crippen molar-refractivity contribution in [3.63, 3.8) is 0 Å². The number of halogens is 2. The van der Waals surface area contributed by atoms with Crippen molar-refractivity contribution in [3.8, 4) is 11.1 Å². The van der Waals surface area contributed by atoms with Crippen molar-refractivity contribution in [1.29, 1.82) is 0 Å². The van der Waals surface area contributed by atoms with Gasteiger partial charge in [0, 0.05) is 0 Å². The quantitative estimate of drug-likeness (QED) is 0.242. The van der Waals surface area contributed by atoms with E-state index in [4.69, 9.17) is 4.21 Å². The summed E-state index contributed by atoms with van der Waals surface area (Å²) < 4.78 is 7.71. The molecular formula is C30H32Cl2Zr. The van der Waals surface area contributed by atoms with Crippen molar-refractivity contribution < 1.29 is 21.3 Å².